The average Bonchev–Trinajstić information content (AvgIpc) is 2.81. The van der Waals surface area contributed by atoms with Gasteiger partial charge in [-0.1, -0.05) is 0 Å². The summed E-state index contributed by atoms with van der Waals surface area (Å²) in [5.74, 6) is -2.85. The van der Waals surface area contributed by atoms with Crippen molar-refractivity contribution in [3.63, 3.8) is 0 Å². The lowest BCUT2D eigenvalue weighted by molar-refractivity contribution is -0.354. The Kier molecular flexibility index (Phi) is 7.05. The lowest BCUT2D eigenvalue weighted by atomic mass is 9.98. The van der Waals surface area contributed by atoms with Gasteiger partial charge < -0.3 is 23.7 Å². The molecule has 2 fully saturated rings. The highest BCUT2D eigenvalue weighted by Crippen LogP contribution is 2.40. The summed E-state index contributed by atoms with van der Waals surface area (Å²) in [6.45, 7) is 6.91. The molecule has 0 amide bonds. The van der Waals surface area contributed by atoms with Crippen LogP contribution in [-0.2, 0) is 52.3 Å². The third kappa shape index (κ3) is 6.09. The van der Waals surface area contributed by atoms with Crippen LogP contribution in [0.2, 0.25) is 0 Å². The minimum Gasteiger partial charge on any atom is -0.456 e. The molecular formula is C16H26O11S. The molecule has 1 unspecified atom stereocenters. The molecule has 162 valence electrons. The molecule has 0 N–H and O–H groups in total. The zero-order valence-electron chi connectivity index (χ0n) is 16.6. The Hall–Kier alpha value is -1.31. The van der Waals surface area contributed by atoms with E-state index >= 15 is 0 Å². The van der Waals surface area contributed by atoms with Crippen molar-refractivity contribution in [1.29, 1.82) is 0 Å². The minimum absolute atomic E-state index is 0.258. The number of esters is 2. The fraction of sp³-hybridized carbons (Fsp3) is 0.875. The molecule has 0 spiro atoms. The van der Waals surface area contributed by atoms with Crippen molar-refractivity contribution in [2.24, 2.45) is 0 Å². The number of ether oxygens (including phenoxy) is 6. The zero-order chi connectivity index (χ0) is 21.3. The normalized spacial score (nSPS) is 35.5. The Morgan fingerprint density at radius 1 is 1.07 bits per heavy atom. The molecule has 2 saturated heterocycles. The number of carbonyl (C=O) groups excluding carboxylic acids is 2. The van der Waals surface area contributed by atoms with Gasteiger partial charge in [-0.15, -0.1) is 0 Å². The van der Waals surface area contributed by atoms with Gasteiger partial charge in [0.25, 0.3) is 16.1 Å². The van der Waals surface area contributed by atoms with E-state index in [-0.39, 0.29) is 6.10 Å². The smallest absolute Gasteiger partial charge is 0.303 e. The summed E-state index contributed by atoms with van der Waals surface area (Å²) in [6.07, 6.45) is -4.87. The first-order chi connectivity index (χ1) is 12.8. The standard InChI is InChI=1S/C16H26O11S/c1-8(2)25-16(5)26-14-13(23-10(4)18)12(22-9(3)17)11(24-15(14)27-16)7-21-28(6,19)20/h8,11-15H,7H2,1-6H3/t11-,12-,13+,14+,15+,16?/m1/s1. The van der Waals surface area contributed by atoms with Crippen molar-refractivity contribution in [2.45, 2.75) is 77.4 Å². The maximum atomic E-state index is 11.6. The summed E-state index contributed by atoms with van der Waals surface area (Å²) >= 11 is 0. The summed E-state index contributed by atoms with van der Waals surface area (Å²) in [6, 6.07) is 0. The van der Waals surface area contributed by atoms with Crippen molar-refractivity contribution >= 4 is 22.1 Å². The zero-order valence-corrected chi connectivity index (χ0v) is 17.4. The van der Waals surface area contributed by atoms with Crippen LogP contribution in [-0.4, -0.2) is 76.0 Å². The summed E-state index contributed by atoms with van der Waals surface area (Å²) in [5, 5.41) is 0. The van der Waals surface area contributed by atoms with Gasteiger partial charge in [0.2, 0.25) is 0 Å². The predicted molar refractivity (Wildman–Crippen MR) is 91.1 cm³/mol. The van der Waals surface area contributed by atoms with Gasteiger partial charge in [0.15, 0.2) is 24.6 Å². The van der Waals surface area contributed by atoms with Crippen LogP contribution in [0.5, 0.6) is 0 Å². The Balaban J connectivity index is 2.32. The van der Waals surface area contributed by atoms with E-state index < -0.39 is 65.3 Å². The first-order valence-electron chi connectivity index (χ1n) is 8.67. The number of rotatable bonds is 7. The maximum absolute atomic E-state index is 11.6. The van der Waals surface area contributed by atoms with Crippen molar-refractivity contribution < 1.29 is 50.6 Å². The minimum atomic E-state index is -3.80. The van der Waals surface area contributed by atoms with E-state index in [2.05, 4.69) is 0 Å². The topological polar surface area (TPSA) is 133 Å². The van der Waals surface area contributed by atoms with Crippen molar-refractivity contribution in [3.8, 4) is 0 Å². The van der Waals surface area contributed by atoms with Gasteiger partial charge in [-0.3, -0.25) is 18.5 Å². The summed E-state index contributed by atoms with van der Waals surface area (Å²) < 4.78 is 60.9. The average molecular weight is 426 g/mol. The molecule has 2 rings (SSSR count). The molecule has 0 bridgehead atoms. The molecule has 0 aliphatic carbocycles. The number of hydrogen-bond acceptors (Lipinski definition) is 11. The molecule has 2 aliphatic rings. The Morgan fingerprint density at radius 2 is 1.64 bits per heavy atom. The SMILES string of the molecule is CC(=O)O[C@@H]1[C@@H]2OC(C)(OC(C)C)O[C@@H]2O[C@H](COS(C)(=O)=O)[C@H]1OC(C)=O. The van der Waals surface area contributed by atoms with Crippen LogP contribution in [0.4, 0.5) is 0 Å². The molecule has 11 nitrogen and oxygen atoms in total. The van der Waals surface area contributed by atoms with Crippen molar-refractivity contribution in [3.05, 3.63) is 0 Å². The number of hydrogen-bond donors (Lipinski definition) is 0. The van der Waals surface area contributed by atoms with E-state index in [0.29, 0.717) is 0 Å². The number of carbonyl (C=O) groups is 2. The van der Waals surface area contributed by atoms with Gasteiger partial charge in [0.1, 0.15) is 6.10 Å². The molecule has 28 heavy (non-hydrogen) atoms. The van der Waals surface area contributed by atoms with Gasteiger partial charge in [-0.2, -0.15) is 8.42 Å². The fourth-order valence-electron chi connectivity index (χ4n) is 3.05. The highest BCUT2D eigenvalue weighted by molar-refractivity contribution is 7.85. The van der Waals surface area contributed by atoms with Crippen LogP contribution in [0.1, 0.15) is 34.6 Å². The molecule has 12 heteroatoms. The summed E-state index contributed by atoms with van der Waals surface area (Å²) in [7, 11) is -3.80. The van der Waals surface area contributed by atoms with Crippen LogP contribution in [0.15, 0.2) is 0 Å². The molecule has 0 radical (unpaired) electrons. The van der Waals surface area contributed by atoms with Crippen LogP contribution in [0.25, 0.3) is 0 Å². The molecule has 0 aromatic heterocycles. The Morgan fingerprint density at radius 3 is 2.14 bits per heavy atom. The molecule has 0 aromatic carbocycles. The van der Waals surface area contributed by atoms with Gasteiger partial charge in [-0.25, -0.2) is 0 Å². The van der Waals surface area contributed by atoms with Crippen molar-refractivity contribution in [1.82, 2.24) is 0 Å². The first-order valence-corrected chi connectivity index (χ1v) is 10.5. The Bertz CT molecular complexity index is 691. The second kappa shape index (κ2) is 8.59. The largest absolute Gasteiger partial charge is 0.456 e. The fourth-order valence-corrected chi connectivity index (χ4v) is 3.43. The van der Waals surface area contributed by atoms with Crippen LogP contribution in [0, 0.1) is 0 Å². The van der Waals surface area contributed by atoms with Gasteiger partial charge in [0, 0.05) is 20.8 Å². The highest BCUT2D eigenvalue weighted by atomic mass is 32.2. The second-order valence-corrected chi connectivity index (χ2v) is 8.55. The second-order valence-electron chi connectivity index (χ2n) is 6.91. The highest BCUT2D eigenvalue weighted by Gasteiger charge is 2.59. The van der Waals surface area contributed by atoms with E-state index in [4.69, 9.17) is 32.6 Å². The van der Waals surface area contributed by atoms with Crippen LogP contribution in [0.3, 0.4) is 0 Å². The van der Waals surface area contributed by atoms with Crippen molar-refractivity contribution in [2.75, 3.05) is 12.9 Å². The summed E-state index contributed by atoms with van der Waals surface area (Å²) in [4.78, 5) is 23.2. The lowest BCUT2D eigenvalue weighted by Crippen LogP contribution is -2.60. The molecule has 0 saturated carbocycles. The third-order valence-electron chi connectivity index (χ3n) is 3.77. The van der Waals surface area contributed by atoms with Gasteiger partial charge >= 0.3 is 11.9 Å². The molecule has 2 heterocycles. The molecule has 6 atom stereocenters. The van der Waals surface area contributed by atoms with E-state index in [0.717, 1.165) is 13.2 Å². The van der Waals surface area contributed by atoms with E-state index in [1.165, 1.54) is 13.8 Å². The van der Waals surface area contributed by atoms with Gasteiger partial charge in [-0.05, 0) is 13.8 Å². The van der Waals surface area contributed by atoms with E-state index in [9.17, 15) is 18.0 Å². The third-order valence-corrected chi connectivity index (χ3v) is 4.34. The number of fused-ring (bicyclic) bond motifs is 1. The van der Waals surface area contributed by atoms with Crippen LogP contribution < -0.4 is 0 Å². The Labute approximate surface area is 163 Å². The monoisotopic (exact) mass is 426 g/mol. The predicted octanol–water partition coefficient (Wildman–Crippen LogP) is 0.0650. The lowest BCUT2D eigenvalue weighted by Gasteiger charge is -2.40. The summed E-state index contributed by atoms with van der Waals surface area (Å²) in [5.41, 5.74) is 0. The van der Waals surface area contributed by atoms with E-state index in [1.807, 2.05) is 0 Å². The molecule has 2 aliphatic heterocycles. The van der Waals surface area contributed by atoms with E-state index in [1.54, 1.807) is 13.8 Å². The molecule has 0 aromatic rings. The quantitative estimate of drug-likeness (QED) is 0.404. The molecular weight excluding hydrogens is 400 g/mol. The van der Waals surface area contributed by atoms with Gasteiger partial charge in [0.05, 0.1) is 19.0 Å². The maximum Gasteiger partial charge on any atom is 0.303 e. The first kappa shape index (κ1) is 23.0. The van der Waals surface area contributed by atoms with Crippen LogP contribution >= 0.6 is 0 Å².